The third kappa shape index (κ3) is 5.53. The maximum Gasteiger partial charge on any atom is 0.251 e. The van der Waals surface area contributed by atoms with Gasteiger partial charge in [-0.1, -0.05) is 23.2 Å². The molecule has 28 heavy (non-hydrogen) atoms. The van der Waals surface area contributed by atoms with Crippen LogP contribution < -0.4 is 20.1 Å². The molecular formula is C20H20Cl2N2O4. The molecule has 0 aliphatic carbocycles. The Bertz CT molecular complexity index is 856. The molecule has 0 unspecified atom stereocenters. The number of carbonyl (C=O) groups is 2. The molecule has 0 saturated heterocycles. The van der Waals surface area contributed by atoms with E-state index in [0.717, 1.165) is 5.56 Å². The number of benzene rings is 2. The van der Waals surface area contributed by atoms with Gasteiger partial charge < -0.3 is 20.1 Å². The molecular weight excluding hydrogens is 403 g/mol. The normalized spacial score (nSPS) is 12.4. The molecule has 1 aliphatic rings. The number of halogens is 2. The molecule has 1 aliphatic heterocycles. The standard InChI is InChI=1S/C20H20Cl2N2O4/c21-15-5-3-14(4-6-15)20(26)23-7-1-2-18(25)24-12-13-10-16(22)19-17(11-13)27-8-9-28-19/h3-6,10-11H,1-2,7-9,12H2,(H,23,26)(H,24,25). The highest BCUT2D eigenvalue weighted by Crippen LogP contribution is 2.38. The van der Waals surface area contributed by atoms with Gasteiger partial charge in [0.05, 0.1) is 5.02 Å². The van der Waals surface area contributed by atoms with Gasteiger partial charge in [-0.3, -0.25) is 9.59 Å². The van der Waals surface area contributed by atoms with Crippen LogP contribution >= 0.6 is 23.2 Å². The van der Waals surface area contributed by atoms with E-state index < -0.39 is 0 Å². The molecule has 0 spiro atoms. The summed E-state index contributed by atoms with van der Waals surface area (Å²) in [5, 5.41) is 6.66. The van der Waals surface area contributed by atoms with E-state index >= 15 is 0 Å². The Labute approximate surface area is 173 Å². The average Bonchev–Trinajstić information content (AvgIpc) is 2.70. The monoisotopic (exact) mass is 422 g/mol. The zero-order chi connectivity index (χ0) is 19.9. The highest BCUT2D eigenvalue weighted by molar-refractivity contribution is 6.32. The minimum absolute atomic E-state index is 0.105. The van der Waals surface area contributed by atoms with Gasteiger partial charge in [-0.2, -0.15) is 0 Å². The SMILES string of the molecule is O=C(CCCNC(=O)c1ccc(Cl)cc1)NCc1cc(Cl)c2c(c1)OCCO2. The summed E-state index contributed by atoms with van der Waals surface area (Å²) in [5.41, 5.74) is 1.36. The van der Waals surface area contributed by atoms with Gasteiger partial charge in [0.1, 0.15) is 13.2 Å². The predicted molar refractivity (Wildman–Crippen MR) is 107 cm³/mol. The van der Waals surface area contributed by atoms with E-state index in [1.165, 1.54) is 0 Å². The summed E-state index contributed by atoms with van der Waals surface area (Å²) >= 11 is 12.0. The third-order valence-electron chi connectivity index (χ3n) is 4.12. The van der Waals surface area contributed by atoms with Crippen molar-refractivity contribution in [1.82, 2.24) is 10.6 Å². The van der Waals surface area contributed by atoms with Crippen molar-refractivity contribution in [2.75, 3.05) is 19.8 Å². The maximum atomic E-state index is 12.0. The van der Waals surface area contributed by atoms with Gasteiger partial charge in [-0.15, -0.1) is 0 Å². The molecule has 2 aromatic rings. The molecule has 148 valence electrons. The van der Waals surface area contributed by atoms with Crippen LogP contribution in [0.25, 0.3) is 0 Å². The van der Waals surface area contributed by atoms with Crippen LogP contribution in [0, 0.1) is 0 Å². The first kappa shape index (κ1) is 20.3. The lowest BCUT2D eigenvalue weighted by atomic mass is 10.2. The smallest absolute Gasteiger partial charge is 0.251 e. The second kappa shape index (κ2) is 9.66. The molecule has 2 aromatic carbocycles. The van der Waals surface area contributed by atoms with Crippen molar-refractivity contribution in [2.24, 2.45) is 0 Å². The van der Waals surface area contributed by atoms with E-state index in [2.05, 4.69) is 10.6 Å². The van der Waals surface area contributed by atoms with Gasteiger partial charge in [0.15, 0.2) is 11.5 Å². The number of nitrogens with one attached hydrogen (secondary N) is 2. The van der Waals surface area contributed by atoms with Gasteiger partial charge >= 0.3 is 0 Å². The van der Waals surface area contributed by atoms with Crippen LogP contribution in [0.5, 0.6) is 11.5 Å². The third-order valence-corrected chi connectivity index (χ3v) is 4.65. The Morgan fingerprint density at radius 1 is 1.00 bits per heavy atom. The number of hydrogen-bond acceptors (Lipinski definition) is 4. The van der Waals surface area contributed by atoms with Gasteiger partial charge in [0.25, 0.3) is 5.91 Å². The Kier molecular flexibility index (Phi) is 7.01. The molecule has 0 aromatic heterocycles. The quantitative estimate of drug-likeness (QED) is 0.668. The lowest BCUT2D eigenvalue weighted by molar-refractivity contribution is -0.121. The summed E-state index contributed by atoms with van der Waals surface area (Å²) in [4.78, 5) is 24.0. The molecule has 0 bridgehead atoms. The number of amides is 2. The lowest BCUT2D eigenvalue weighted by Crippen LogP contribution is -2.27. The number of carbonyl (C=O) groups excluding carboxylic acids is 2. The maximum absolute atomic E-state index is 12.0. The van der Waals surface area contributed by atoms with Gasteiger partial charge in [0.2, 0.25) is 5.91 Å². The van der Waals surface area contributed by atoms with E-state index in [-0.39, 0.29) is 11.8 Å². The largest absolute Gasteiger partial charge is 0.486 e. The molecule has 0 atom stereocenters. The van der Waals surface area contributed by atoms with Gasteiger partial charge in [-0.05, 0) is 48.4 Å². The first-order chi connectivity index (χ1) is 13.5. The number of rotatable bonds is 7. The predicted octanol–water partition coefficient (Wildman–Crippen LogP) is 3.59. The summed E-state index contributed by atoms with van der Waals surface area (Å²) in [6.45, 7) is 1.69. The van der Waals surface area contributed by atoms with Crippen molar-refractivity contribution >= 4 is 35.0 Å². The highest BCUT2D eigenvalue weighted by atomic mass is 35.5. The Morgan fingerprint density at radius 3 is 2.54 bits per heavy atom. The van der Waals surface area contributed by atoms with Crippen molar-refractivity contribution < 1.29 is 19.1 Å². The van der Waals surface area contributed by atoms with Crippen LogP contribution in [-0.4, -0.2) is 31.6 Å². The first-order valence-corrected chi connectivity index (χ1v) is 9.67. The summed E-state index contributed by atoms with van der Waals surface area (Å²) in [7, 11) is 0. The molecule has 0 fully saturated rings. The van der Waals surface area contributed by atoms with Crippen molar-refractivity contribution in [2.45, 2.75) is 19.4 Å². The molecule has 0 saturated carbocycles. The minimum atomic E-state index is -0.192. The summed E-state index contributed by atoms with van der Waals surface area (Å²) in [6, 6.07) is 10.2. The molecule has 8 heteroatoms. The Morgan fingerprint density at radius 2 is 1.75 bits per heavy atom. The summed E-state index contributed by atoms with van der Waals surface area (Å²) < 4.78 is 11.0. The van der Waals surface area contributed by atoms with Crippen molar-refractivity contribution in [3.05, 3.63) is 57.6 Å². The fraction of sp³-hybridized carbons (Fsp3) is 0.300. The molecule has 2 amide bonds. The fourth-order valence-electron chi connectivity index (χ4n) is 2.71. The van der Waals surface area contributed by atoms with Crippen LogP contribution in [0.2, 0.25) is 10.0 Å². The van der Waals surface area contributed by atoms with Crippen LogP contribution in [0.15, 0.2) is 36.4 Å². The van der Waals surface area contributed by atoms with E-state index in [1.54, 1.807) is 30.3 Å². The average molecular weight is 423 g/mol. The molecule has 3 rings (SSSR count). The number of fused-ring (bicyclic) bond motifs is 1. The minimum Gasteiger partial charge on any atom is -0.486 e. The van der Waals surface area contributed by atoms with Crippen LogP contribution in [0.4, 0.5) is 0 Å². The second-order valence-electron chi connectivity index (χ2n) is 6.24. The summed E-state index contributed by atoms with van der Waals surface area (Å²) in [5.74, 6) is 0.835. The van der Waals surface area contributed by atoms with Crippen molar-refractivity contribution in [3.8, 4) is 11.5 Å². The topological polar surface area (TPSA) is 76.7 Å². The van der Waals surface area contributed by atoms with Crippen LogP contribution in [0.3, 0.4) is 0 Å². The van der Waals surface area contributed by atoms with E-state index in [4.69, 9.17) is 32.7 Å². The molecule has 2 N–H and O–H groups in total. The van der Waals surface area contributed by atoms with Crippen molar-refractivity contribution in [3.63, 3.8) is 0 Å². The van der Waals surface area contributed by atoms with E-state index in [1.807, 2.05) is 6.07 Å². The van der Waals surface area contributed by atoms with E-state index in [0.29, 0.717) is 66.3 Å². The zero-order valence-corrected chi connectivity index (χ0v) is 16.6. The van der Waals surface area contributed by atoms with Gasteiger partial charge in [-0.25, -0.2) is 0 Å². The Balaban J connectivity index is 1.38. The fourth-order valence-corrected chi connectivity index (χ4v) is 3.12. The second-order valence-corrected chi connectivity index (χ2v) is 7.09. The van der Waals surface area contributed by atoms with Crippen LogP contribution in [-0.2, 0) is 11.3 Å². The number of ether oxygens (including phenoxy) is 2. The number of hydrogen-bond donors (Lipinski definition) is 2. The van der Waals surface area contributed by atoms with Crippen LogP contribution in [0.1, 0.15) is 28.8 Å². The summed E-state index contributed by atoms with van der Waals surface area (Å²) in [6.07, 6.45) is 0.840. The van der Waals surface area contributed by atoms with E-state index in [9.17, 15) is 9.59 Å². The zero-order valence-electron chi connectivity index (χ0n) is 15.1. The molecule has 1 heterocycles. The van der Waals surface area contributed by atoms with Crippen molar-refractivity contribution in [1.29, 1.82) is 0 Å². The lowest BCUT2D eigenvalue weighted by Gasteiger charge is -2.20. The molecule has 0 radical (unpaired) electrons. The highest BCUT2D eigenvalue weighted by Gasteiger charge is 2.16. The Hall–Kier alpha value is -2.44. The first-order valence-electron chi connectivity index (χ1n) is 8.91. The van der Waals surface area contributed by atoms with Gasteiger partial charge in [0, 0.05) is 30.1 Å². The molecule has 6 nitrogen and oxygen atoms in total.